The molecule has 0 unspecified atom stereocenters. The molecule has 172 valence electrons. The lowest BCUT2D eigenvalue weighted by Gasteiger charge is -2.30. The summed E-state index contributed by atoms with van der Waals surface area (Å²) in [6.07, 6.45) is 0. The fourth-order valence-corrected chi connectivity index (χ4v) is 6.06. The predicted molar refractivity (Wildman–Crippen MR) is 128 cm³/mol. The maximum absolute atomic E-state index is 13.2. The molecule has 0 saturated heterocycles. The highest BCUT2D eigenvalue weighted by atomic mass is 32.2. The van der Waals surface area contributed by atoms with Gasteiger partial charge in [-0.1, -0.05) is 48.2 Å². The molecule has 0 saturated carbocycles. The molecule has 0 bridgehead atoms. The molecule has 1 amide bonds. The molecule has 2 aliphatic heterocycles. The first-order valence-corrected chi connectivity index (χ1v) is 12.7. The molecule has 0 radical (unpaired) electrons. The molecule has 3 aromatic rings. The van der Waals surface area contributed by atoms with Gasteiger partial charge in [0, 0.05) is 15.4 Å². The van der Waals surface area contributed by atoms with E-state index in [4.69, 9.17) is 4.74 Å². The van der Waals surface area contributed by atoms with Crippen LogP contribution < -0.4 is 9.62 Å². The molecule has 0 fully saturated rings. The van der Waals surface area contributed by atoms with Gasteiger partial charge >= 0.3 is 5.97 Å². The summed E-state index contributed by atoms with van der Waals surface area (Å²) in [7, 11) is -3.72. The molecule has 2 aliphatic rings. The van der Waals surface area contributed by atoms with E-state index in [1.165, 1.54) is 13.0 Å². The van der Waals surface area contributed by atoms with Crippen LogP contribution in [0.1, 0.15) is 12.5 Å². The first-order valence-electron chi connectivity index (χ1n) is 10.4. The Morgan fingerprint density at radius 2 is 1.56 bits per heavy atom. The Kier molecular flexibility index (Phi) is 5.62. The van der Waals surface area contributed by atoms with Crippen LogP contribution in [-0.2, 0) is 24.3 Å². The van der Waals surface area contributed by atoms with Gasteiger partial charge < -0.3 is 4.74 Å². The highest BCUT2D eigenvalue weighted by molar-refractivity contribution is 7.99. The summed E-state index contributed by atoms with van der Waals surface area (Å²) in [4.78, 5) is 33.5. The zero-order valence-electron chi connectivity index (χ0n) is 18.0. The van der Waals surface area contributed by atoms with Crippen LogP contribution in [0.3, 0.4) is 0 Å². The van der Waals surface area contributed by atoms with Crippen molar-refractivity contribution in [1.29, 1.82) is 0 Å². The number of rotatable bonds is 4. The summed E-state index contributed by atoms with van der Waals surface area (Å²) >= 11 is 1.57. The van der Waals surface area contributed by atoms with Crippen molar-refractivity contribution in [1.82, 2.24) is 4.72 Å². The van der Waals surface area contributed by atoms with Crippen LogP contribution in [0.25, 0.3) is 0 Å². The standard InChI is InChI=1S/C24H19N3O5S2/c1-15(25-23-16-8-2-7-13-21(16)34(30,31)26-23)24(29)32-14-22(28)27-17-9-3-5-11-19(17)33-20-12-6-4-10-18(20)27/h2-13,15H,14H2,1H3,(H,25,26)/t15-/m0/s1. The summed E-state index contributed by atoms with van der Waals surface area (Å²) in [6, 6.07) is 20.4. The van der Waals surface area contributed by atoms with Gasteiger partial charge in [-0.2, -0.15) is 0 Å². The number of carbonyl (C=O) groups excluding carboxylic acids is 2. The van der Waals surface area contributed by atoms with E-state index >= 15 is 0 Å². The Bertz CT molecular complexity index is 1410. The maximum atomic E-state index is 13.2. The average Bonchev–Trinajstić information content (AvgIpc) is 3.10. The predicted octanol–water partition coefficient (Wildman–Crippen LogP) is 3.49. The van der Waals surface area contributed by atoms with Gasteiger partial charge in [0.2, 0.25) is 0 Å². The minimum Gasteiger partial charge on any atom is -0.454 e. The molecule has 0 aromatic heterocycles. The van der Waals surface area contributed by atoms with Crippen LogP contribution >= 0.6 is 11.8 Å². The molecule has 1 N–H and O–H groups in total. The normalized spacial score (nSPS) is 17.2. The number of amides is 1. The van der Waals surface area contributed by atoms with Crippen LogP contribution in [0.5, 0.6) is 0 Å². The summed E-state index contributed by atoms with van der Waals surface area (Å²) in [5.41, 5.74) is 1.83. The smallest absolute Gasteiger partial charge is 0.331 e. The lowest BCUT2D eigenvalue weighted by atomic mass is 10.2. The molecule has 3 aromatic carbocycles. The number of nitrogens with one attached hydrogen (secondary N) is 1. The van der Waals surface area contributed by atoms with E-state index < -0.39 is 34.5 Å². The molecule has 34 heavy (non-hydrogen) atoms. The van der Waals surface area contributed by atoms with Crippen molar-refractivity contribution >= 4 is 50.9 Å². The van der Waals surface area contributed by atoms with Crippen molar-refractivity contribution in [3.05, 3.63) is 78.4 Å². The van der Waals surface area contributed by atoms with E-state index in [-0.39, 0.29) is 10.7 Å². The lowest BCUT2D eigenvalue weighted by molar-refractivity contribution is -0.148. The highest BCUT2D eigenvalue weighted by Gasteiger charge is 2.32. The second kappa shape index (κ2) is 8.62. The van der Waals surface area contributed by atoms with E-state index in [9.17, 15) is 18.0 Å². The Labute approximate surface area is 200 Å². The Hall–Kier alpha value is -3.63. The quantitative estimate of drug-likeness (QED) is 0.558. The summed E-state index contributed by atoms with van der Waals surface area (Å²) in [5, 5.41) is 0. The van der Waals surface area contributed by atoms with Crippen molar-refractivity contribution in [2.45, 2.75) is 27.7 Å². The molecular weight excluding hydrogens is 474 g/mol. The summed E-state index contributed by atoms with van der Waals surface area (Å²) in [5.74, 6) is -1.07. The Morgan fingerprint density at radius 1 is 0.971 bits per heavy atom. The Balaban J connectivity index is 1.32. The first-order chi connectivity index (χ1) is 16.3. The monoisotopic (exact) mass is 493 g/mol. The highest BCUT2D eigenvalue weighted by Crippen LogP contribution is 2.47. The molecular formula is C24H19N3O5S2. The number of sulfonamides is 1. The van der Waals surface area contributed by atoms with Gasteiger partial charge in [0.1, 0.15) is 11.9 Å². The minimum atomic E-state index is -3.72. The van der Waals surface area contributed by atoms with Crippen molar-refractivity contribution in [3.63, 3.8) is 0 Å². The molecule has 0 aliphatic carbocycles. The fraction of sp³-hybridized carbons (Fsp3) is 0.125. The third kappa shape index (κ3) is 3.95. The van der Waals surface area contributed by atoms with Crippen LogP contribution in [-0.4, -0.2) is 38.8 Å². The van der Waals surface area contributed by atoms with E-state index in [1.54, 1.807) is 34.9 Å². The van der Waals surface area contributed by atoms with E-state index in [0.717, 1.165) is 21.2 Å². The molecule has 5 rings (SSSR count). The summed E-state index contributed by atoms with van der Waals surface area (Å²) < 4.78 is 32.1. The zero-order chi connectivity index (χ0) is 23.9. The number of fused-ring (bicyclic) bond motifs is 3. The number of amidine groups is 1. The zero-order valence-corrected chi connectivity index (χ0v) is 19.6. The third-order valence-corrected chi connectivity index (χ3v) is 7.87. The number of hydrogen-bond acceptors (Lipinski definition) is 7. The molecule has 2 heterocycles. The lowest BCUT2D eigenvalue weighted by Crippen LogP contribution is -2.34. The van der Waals surface area contributed by atoms with Gasteiger partial charge in [0.15, 0.2) is 6.61 Å². The summed E-state index contributed by atoms with van der Waals surface area (Å²) in [6.45, 7) is 1.00. The van der Waals surface area contributed by atoms with Crippen LogP contribution in [0.2, 0.25) is 0 Å². The average molecular weight is 494 g/mol. The van der Waals surface area contributed by atoms with E-state index in [2.05, 4.69) is 9.71 Å². The molecule has 1 atom stereocenters. The van der Waals surface area contributed by atoms with Crippen molar-refractivity contribution in [2.24, 2.45) is 4.99 Å². The number of hydrogen-bond donors (Lipinski definition) is 1. The SMILES string of the molecule is C[C@H](N=C1NS(=O)(=O)c2ccccc21)C(=O)OCC(=O)N1c2ccccc2Sc2ccccc21. The molecule has 0 spiro atoms. The number of carbonyl (C=O) groups is 2. The minimum absolute atomic E-state index is 0.0716. The number of benzene rings is 3. The number of esters is 1. The van der Waals surface area contributed by atoms with Gasteiger partial charge in [-0.3, -0.25) is 19.4 Å². The van der Waals surface area contributed by atoms with Gasteiger partial charge in [-0.25, -0.2) is 13.2 Å². The topological polar surface area (TPSA) is 105 Å². The molecule has 10 heteroatoms. The van der Waals surface area contributed by atoms with Crippen molar-refractivity contribution in [3.8, 4) is 0 Å². The number of nitrogens with zero attached hydrogens (tertiary/aromatic N) is 2. The number of anilines is 2. The van der Waals surface area contributed by atoms with E-state index in [0.29, 0.717) is 5.56 Å². The second-order valence-corrected chi connectivity index (χ2v) is 10.4. The maximum Gasteiger partial charge on any atom is 0.331 e. The number of para-hydroxylation sites is 2. The van der Waals surface area contributed by atoms with Crippen LogP contribution in [0, 0.1) is 0 Å². The van der Waals surface area contributed by atoms with Gasteiger partial charge in [-0.05, 0) is 43.3 Å². The van der Waals surface area contributed by atoms with Crippen molar-refractivity contribution < 1.29 is 22.7 Å². The number of ether oxygens (including phenoxy) is 1. The first kappa shape index (κ1) is 22.2. The largest absolute Gasteiger partial charge is 0.454 e. The third-order valence-electron chi connectivity index (χ3n) is 5.35. The van der Waals surface area contributed by atoms with Crippen LogP contribution in [0.4, 0.5) is 11.4 Å². The fourth-order valence-electron chi connectivity index (χ4n) is 3.77. The second-order valence-electron chi connectivity index (χ2n) is 7.63. The van der Waals surface area contributed by atoms with E-state index in [1.807, 2.05) is 48.5 Å². The van der Waals surface area contributed by atoms with Crippen LogP contribution in [0.15, 0.2) is 92.5 Å². The van der Waals surface area contributed by atoms with Gasteiger partial charge in [0.25, 0.3) is 15.9 Å². The number of aliphatic imine (C=N–C) groups is 1. The molecule has 8 nitrogen and oxygen atoms in total. The van der Waals surface area contributed by atoms with Gasteiger partial charge in [0.05, 0.1) is 16.3 Å². The van der Waals surface area contributed by atoms with Gasteiger partial charge in [-0.15, -0.1) is 0 Å². The Morgan fingerprint density at radius 3 is 2.24 bits per heavy atom. The van der Waals surface area contributed by atoms with Crippen molar-refractivity contribution in [2.75, 3.05) is 11.5 Å².